The van der Waals surface area contributed by atoms with Crippen molar-refractivity contribution in [2.24, 2.45) is 0 Å². The third-order valence-electron chi connectivity index (χ3n) is 3.59. The predicted molar refractivity (Wildman–Crippen MR) is 84.7 cm³/mol. The summed E-state index contributed by atoms with van der Waals surface area (Å²) in [4.78, 5) is 4.61. The van der Waals surface area contributed by atoms with Gasteiger partial charge in [0.2, 0.25) is 5.89 Å². The van der Waals surface area contributed by atoms with Gasteiger partial charge in [-0.25, -0.2) is 4.98 Å². The molecule has 0 amide bonds. The van der Waals surface area contributed by atoms with Crippen LogP contribution in [0.5, 0.6) is 5.75 Å². The number of hydrogen-bond donors (Lipinski definition) is 0. The van der Waals surface area contributed by atoms with Crippen molar-refractivity contribution >= 4 is 11.1 Å². The van der Waals surface area contributed by atoms with Gasteiger partial charge in [-0.3, -0.25) is 0 Å². The molecule has 3 rings (SSSR count). The molecule has 0 fully saturated rings. The van der Waals surface area contributed by atoms with Crippen molar-refractivity contribution in [2.75, 3.05) is 7.11 Å². The molecule has 0 unspecified atom stereocenters. The lowest BCUT2D eigenvalue weighted by molar-refractivity contribution is 0.415. The number of nitrogens with zero attached hydrogens (tertiary/aromatic N) is 1. The Kier molecular flexibility index (Phi) is 3.20. The fraction of sp³-hybridized carbons (Fsp3) is 0.278. The molecule has 1 heterocycles. The van der Waals surface area contributed by atoms with Gasteiger partial charge in [0.15, 0.2) is 5.58 Å². The van der Waals surface area contributed by atoms with Crippen LogP contribution >= 0.6 is 0 Å². The quantitative estimate of drug-likeness (QED) is 0.676. The Balaban J connectivity index is 2.04. The first-order chi connectivity index (χ1) is 9.97. The van der Waals surface area contributed by atoms with Crippen LogP contribution < -0.4 is 4.74 Å². The number of benzene rings is 2. The minimum Gasteiger partial charge on any atom is -0.497 e. The number of ether oxygens (including phenoxy) is 1. The fourth-order valence-corrected chi connectivity index (χ4v) is 2.25. The first kappa shape index (κ1) is 13.7. The molecule has 1 aromatic heterocycles. The molecule has 0 aliphatic heterocycles. The van der Waals surface area contributed by atoms with Crippen molar-refractivity contribution in [3.8, 4) is 17.2 Å². The fourth-order valence-electron chi connectivity index (χ4n) is 2.25. The monoisotopic (exact) mass is 281 g/mol. The third-order valence-corrected chi connectivity index (χ3v) is 3.59. The van der Waals surface area contributed by atoms with Gasteiger partial charge < -0.3 is 9.15 Å². The summed E-state index contributed by atoms with van der Waals surface area (Å²) in [7, 11) is 1.66. The SMILES string of the molecule is COc1ccc(-c2nc3cc(C(C)(C)C)ccc3o2)cc1. The molecule has 0 aliphatic carbocycles. The van der Waals surface area contributed by atoms with Crippen LogP contribution in [0.1, 0.15) is 26.3 Å². The van der Waals surface area contributed by atoms with Crippen molar-refractivity contribution in [3.05, 3.63) is 48.0 Å². The smallest absolute Gasteiger partial charge is 0.227 e. The molecular weight excluding hydrogens is 262 g/mol. The van der Waals surface area contributed by atoms with E-state index >= 15 is 0 Å². The molecule has 0 saturated carbocycles. The largest absolute Gasteiger partial charge is 0.497 e. The van der Waals surface area contributed by atoms with Crippen LogP contribution in [-0.2, 0) is 5.41 Å². The van der Waals surface area contributed by atoms with E-state index in [1.165, 1.54) is 5.56 Å². The Morgan fingerprint density at radius 3 is 2.33 bits per heavy atom. The number of oxazole rings is 1. The molecule has 0 bridgehead atoms. The van der Waals surface area contributed by atoms with Gasteiger partial charge in [-0.05, 0) is 47.4 Å². The summed E-state index contributed by atoms with van der Waals surface area (Å²) < 4.78 is 11.0. The summed E-state index contributed by atoms with van der Waals surface area (Å²) in [5, 5.41) is 0. The van der Waals surface area contributed by atoms with Crippen molar-refractivity contribution < 1.29 is 9.15 Å². The van der Waals surface area contributed by atoms with E-state index in [-0.39, 0.29) is 5.41 Å². The van der Waals surface area contributed by atoms with Crippen molar-refractivity contribution in [2.45, 2.75) is 26.2 Å². The Bertz CT molecular complexity index is 764. The van der Waals surface area contributed by atoms with Gasteiger partial charge in [-0.2, -0.15) is 0 Å². The van der Waals surface area contributed by atoms with Crippen molar-refractivity contribution in [1.82, 2.24) is 4.98 Å². The molecule has 0 radical (unpaired) electrons. The summed E-state index contributed by atoms with van der Waals surface area (Å²) in [6, 6.07) is 13.9. The van der Waals surface area contributed by atoms with E-state index in [1.54, 1.807) is 7.11 Å². The van der Waals surface area contributed by atoms with Gasteiger partial charge in [-0.15, -0.1) is 0 Å². The molecule has 0 spiro atoms. The highest BCUT2D eigenvalue weighted by Gasteiger charge is 2.16. The van der Waals surface area contributed by atoms with Crippen LogP contribution in [0, 0.1) is 0 Å². The maximum atomic E-state index is 5.84. The lowest BCUT2D eigenvalue weighted by Gasteiger charge is -2.18. The number of rotatable bonds is 2. The van der Waals surface area contributed by atoms with E-state index in [0.29, 0.717) is 5.89 Å². The molecule has 0 atom stereocenters. The minimum absolute atomic E-state index is 0.105. The van der Waals surface area contributed by atoms with Gasteiger partial charge in [0.05, 0.1) is 7.11 Å². The van der Waals surface area contributed by atoms with Crippen LogP contribution in [0.25, 0.3) is 22.6 Å². The normalized spacial score (nSPS) is 11.8. The van der Waals surface area contributed by atoms with E-state index in [4.69, 9.17) is 9.15 Å². The average molecular weight is 281 g/mol. The molecule has 2 aromatic carbocycles. The highest BCUT2D eigenvalue weighted by Crippen LogP contribution is 2.29. The molecule has 21 heavy (non-hydrogen) atoms. The van der Waals surface area contributed by atoms with Crippen LogP contribution in [-0.4, -0.2) is 12.1 Å². The van der Waals surface area contributed by atoms with E-state index in [2.05, 4.69) is 37.9 Å². The number of fused-ring (bicyclic) bond motifs is 1. The van der Waals surface area contributed by atoms with Crippen LogP contribution in [0.3, 0.4) is 0 Å². The Labute approximate surface area is 124 Å². The van der Waals surface area contributed by atoms with Crippen molar-refractivity contribution in [1.29, 1.82) is 0 Å². The average Bonchev–Trinajstić information content (AvgIpc) is 2.89. The lowest BCUT2D eigenvalue weighted by atomic mass is 9.87. The Morgan fingerprint density at radius 1 is 1.00 bits per heavy atom. The van der Waals surface area contributed by atoms with Crippen LogP contribution in [0.2, 0.25) is 0 Å². The van der Waals surface area contributed by atoms with Gasteiger partial charge in [0, 0.05) is 5.56 Å². The molecule has 108 valence electrons. The molecule has 3 aromatic rings. The van der Waals surface area contributed by atoms with E-state index in [0.717, 1.165) is 22.4 Å². The maximum absolute atomic E-state index is 5.84. The molecule has 3 heteroatoms. The summed E-state index contributed by atoms with van der Waals surface area (Å²) in [5.74, 6) is 1.46. The van der Waals surface area contributed by atoms with Gasteiger partial charge >= 0.3 is 0 Å². The van der Waals surface area contributed by atoms with Crippen LogP contribution in [0.4, 0.5) is 0 Å². The predicted octanol–water partition coefficient (Wildman–Crippen LogP) is 4.80. The second-order valence-electron chi connectivity index (χ2n) is 6.18. The first-order valence-electron chi connectivity index (χ1n) is 7.03. The second-order valence-corrected chi connectivity index (χ2v) is 6.18. The van der Waals surface area contributed by atoms with E-state index in [1.807, 2.05) is 30.3 Å². The zero-order chi connectivity index (χ0) is 15.0. The molecule has 0 saturated heterocycles. The maximum Gasteiger partial charge on any atom is 0.227 e. The topological polar surface area (TPSA) is 35.3 Å². The first-order valence-corrected chi connectivity index (χ1v) is 7.03. The minimum atomic E-state index is 0.105. The zero-order valence-corrected chi connectivity index (χ0v) is 12.8. The standard InChI is InChI=1S/C18H19NO2/c1-18(2,3)13-7-10-16-15(11-13)19-17(21-16)12-5-8-14(20-4)9-6-12/h5-11H,1-4H3. The Morgan fingerprint density at radius 2 is 1.71 bits per heavy atom. The molecular formula is C18H19NO2. The summed E-state index contributed by atoms with van der Waals surface area (Å²) >= 11 is 0. The molecule has 0 aliphatic rings. The lowest BCUT2D eigenvalue weighted by Crippen LogP contribution is -2.10. The van der Waals surface area contributed by atoms with E-state index in [9.17, 15) is 0 Å². The number of aromatic nitrogens is 1. The van der Waals surface area contributed by atoms with Crippen LogP contribution in [0.15, 0.2) is 46.9 Å². The highest BCUT2D eigenvalue weighted by atomic mass is 16.5. The number of hydrogen-bond acceptors (Lipinski definition) is 3. The Hall–Kier alpha value is -2.29. The van der Waals surface area contributed by atoms with Gasteiger partial charge in [0.1, 0.15) is 11.3 Å². The molecule has 3 nitrogen and oxygen atoms in total. The number of methoxy groups -OCH3 is 1. The van der Waals surface area contributed by atoms with Crippen molar-refractivity contribution in [3.63, 3.8) is 0 Å². The van der Waals surface area contributed by atoms with Gasteiger partial charge in [0.25, 0.3) is 0 Å². The zero-order valence-electron chi connectivity index (χ0n) is 12.8. The molecule has 0 N–H and O–H groups in total. The second kappa shape index (κ2) is 4.92. The summed E-state index contributed by atoms with van der Waals surface area (Å²) in [5.41, 5.74) is 4.02. The van der Waals surface area contributed by atoms with Gasteiger partial charge in [-0.1, -0.05) is 26.8 Å². The summed E-state index contributed by atoms with van der Waals surface area (Å²) in [6.07, 6.45) is 0. The summed E-state index contributed by atoms with van der Waals surface area (Å²) in [6.45, 7) is 6.58. The van der Waals surface area contributed by atoms with E-state index < -0.39 is 0 Å². The highest BCUT2D eigenvalue weighted by molar-refractivity contribution is 5.77. The third kappa shape index (κ3) is 2.64.